The highest BCUT2D eigenvalue weighted by Gasteiger charge is 2.23. The zero-order valence-corrected chi connectivity index (χ0v) is 23.7. The molecule has 3 heterocycles. The highest BCUT2D eigenvalue weighted by Crippen LogP contribution is 2.36. The van der Waals surface area contributed by atoms with Gasteiger partial charge in [0, 0.05) is 10.9 Å². The minimum atomic E-state index is -0.0136. The van der Waals surface area contributed by atoms with Gasteiger partial charge in [0.25, 0.3) is 5.56 Å². The Bertz CT molecular complexity index is 1710. The van der Waals surface area contributed by atoms with E-state index in [0.29, 0.717) is 39.7 Å². The van der Waals surface area contributed by atoms with Crippen LogP contribution in [0, 0.1) is 0 Å². The van der Waals surface area contributed by atoms with Crippen LogP contribution in [0.2, 0.25) is 0 Å². The molecule has 39 heavy (non-hydrogen) atoms. The van der Waals surface area contributed by atoms with Gasteiger partial charge in [0.05, 0.1) is 36.6 Å². The van der Waals surface area contributed by atoms with Crippen LogP contribution in [0.5, 0.6) is 11.5 Å². The number of hydrogen-bond acceptors (Lipinski definition) is 9. The molecule has 6 rings (SSSR count). The van der Waals surface area contributed by atoms with Crippen LogP contribution in [0.4, 0.5) is 0 Å². The van der Waals surface area contributed by atoms with Gasteiger partial charge in [-0.05, 0) is 67.5 Å². The summed E-state index contributed by atoms with van der Waals surface area (Å²) in [7, 11) is 3.19. The summed E-state index contributed by atoms with van der Waals surface area (Å²) >= 11 is 3.07. The molecule has 3 aromatic heterocycles. The molecule has 0 spiro atoms. The fraction of sp³-hybridized carbons (Fsp3) is 0.310. The van der Waals surface area contributed by atoms with Gasteiger partial charge in [-0.15, -0.1) is 11.3 Å². The number of thioether (sulfide) groups is 1. The molecule has 0 radical (unpaired) electrons. The van der Waals surface area contributed by atoms with Gasteiger partial charge < -0.3 is 14.0 Å². The molecule has 0 fully saturated rings. The summed E-state index contributed by atoms with van der Waals surface area (Å²) in [6.45, 7) is 2.12. The monoisotopic (exact) mass is 560 g/mol. The van der Waals surface area contributed by atoms with Crippen molar-refractivity contribution in [3.8, 4) is 28.6 Å². The van der Waals surface area contributed by atoms with E-state index in [1.807, 2.05) is 24.3 Å². The number of hydrogen-bond donors (Lipinski definition) is 0. The van der Waals surface area contributed by atoms with Gasteiger partial charge in [-0.3, -0.25) is 9.36 Å². The Morgan fingerprint density at radius 2 is 1.87 bits per heavy atom. The van der Waals surface area contributed by atoms with Crippen LogP contribution in [0.15, 0.2) is 56.9 Å². The number of benzene rings is 2. The highest BCUT2D eigenvalue weighted by atomic mass is 32.2. The molecule has 0 bridgehead atoms. The summed E-state index contributed by atoms with van der Waals surface area (Å²) in [6.07, 6.45) is 5.16. The van der Waals surface area contributed by atoms with Crippen LogP contribution in [0.25, 0.3) is 27.3 Å². The zero-order valence-electron chi connectivity index (χ0n) is 22.0. The fourth-order valence-electron chi connectivity index (χ4n) is 4.92. The van der Waals surface area contributed by atoms with Crippen molar-refractivity contribution in [3.05, 3.63) is 74.7 Å². The van der Waals surface area contributed by atoms with E-state index in [9.17, 15) is 4.79 Å². The van der Waals surface area contributed by atoms with Crippen molar-refractivity contribution in [1.82, 2.24) is 19.7 Å². The molecular weight excluding hydrogens is 532 g/mol. The second-order valence-corrected chi connectivity index (χ2v) is 11.3. The molecule has 8 nitrogen and oxygen atoms in total. The normalized spacial score (nSPS) is 13.0. The van der Waals surface area contributed by atoms with Crippen LogP contribution in [0.3, 0.4) is 0 Å². The van der Waals surface area contributed by atoms with Crippen molar-refractivity contribution in [1.29, 1.82) is 0 Å². The molecule has 0 amide bonds. The Balaban J connectivity index is 1.37. The molecule has 0 atom stereocenters. The molecular formula is C29H28N4O4S2. The van der Waals surface area contributed by atoms with Crippen molar-refractivity contribution in [2.24, 2.45) is 0 Å². The van der Waals surface area contributed by atoms with Crippen LogP contribution in [-0.2, 0) is 25.0 Å². The number of thiophene rings is 1. The van der Waals surface area contributed by atoms with Gasteiger partial charge in [-0.25, -0.2) is 4.98 Å². The van der Waals surface area contributed by atoms with E-state index < -0.39 is 0 Å². The average molecular weight is 561 g/mol. The lowest BCUT2D eigenvalue weighted by atomic mass is 9.97. The molecule has 2 aromatic carbocycles. The third kappa shape index (κ3) is 4.83. The maximum Gasteiger partial charge on any atom is 0.267 e. The topological polar surface area (TPSA) is 92.3 Å². The van der Waals surface area contributed by atoms with Crippen molar-refractivity contribution < 1.29 is 14.0 Å². The molecule has 0 unspecified atom stereocenters. The number of aromatic nitrogens is 4. The van der Waals surface area contributed by atoms with Gasteiger partial charge in [-0.1, -0.05) is 36.0 Å². The lowest BCUT2D eigenvalue weighted by molar-refractivity contribution is 0.388. The number of ether oxygens (including phenoxy) is 2. The van der Waals surface area contributed by atoms with Crippen LogP contribution < -0.4 is 15.0 Å². The molecule has 1 aliphatic rings. The van der Waals surface area contributed by atoms with E-state index in [4.69, 9.17) is 19.0 Å². The molecule has 10 heteroatoms. The van der Waals surface area contributed by atoms with Gasteiger partial charge in [0.1, 0.15) is 16.3 Å². The number of rotatable bonds is 8. The Morgan fingerprint density at radius 3 is 2.64 bits per heavy atom. The standard InChI is InChI=1S/C29H28N4O4S2/c1-4-17-9-11-18(12-10-17)33-28(34)25-21-7-5-6-8-23(21)39-27(25)31-29(33)38-16-24-30-26(32-37-24)20-14-13-19(35-2)15-22(20)36-3/h9-15H,4-8,16H2,1-3H3. The average Bonchev–Trinajstić information content (AvgIpc) is 3.60. The molecule has 5 aromatic rings. The smallest absolute Gasteiger partial charge is 0.267 e. The van der Waals surface area contributed by atoms with E-state index in [2.05, 4.69) is 29.2 Å². The Kier molecular flexibility index (Phi) is 7.14. The Labute approximate surface area is 234 Å². The van der Waals surface area contributed by atoms with E-state index in [1.165, 1.54) is 27.8 Å². The number of fused-ring (bicyclic) bond motifs is 3. The first-order valence-electron chi connectivity index (χ1n) is 12.9. The van der Waals surface area contributed by atoms with Crippen LogP contribution in [0.1, 0.15) is 41.7 Å². The van der Waals surface area contributed by atoms with E-state index in [0.717, 1.165) is 48.0 Å². The van der Waals surface area contributed by atoms with E-state index in [-0.39, 0.29) is 5.56 Å². The van der Waals surface area contributed by atoms with Crippen molar-refractivity contribution in [3.63, 3.8) is 0 Å². The lowest BCUT2D eigenvalue weighted by Crippen LogP contribution is -2.22. The second-order valence-electron chi connectivity index (χ2n) is 9.31. The van der Waals surface area contributed by atoms with Gasteiger partial charge in [0.15, 0.2) is 5.16 Å². The Morgan fingerprint density at radius 1 is 1.05 bits per heavy atom. The van der Waals surface area contributed by atoms with Crippen LogP contribution in [-0.4, -0.2) is 33.9 Å². The second kappa shape index (κ2) is 10.9. The maximum absolute atomic E-state index is 14.0. The van der Waals surface area contributed by atoms with Crippen molar-refractivity contribution in [2.45, 2.75) is 49.9 Å². The summed E-state index contributed by atoms with van der Waals surface area (Å²) < 4.78 is 18.1. The van der Waals surface area contributed by atoms with Crippen LogP contribution >= 0.6 is 23.1 Å². The quantitative estimate of drug-likeness (QED) is 0.162. The lowest BCUT2D eigenvalue weighted by Gasteiger charge is -2.13. The molecule has 0 saturated carbocycles. The predicted octanol–water partition coefficient (Wildman–Crippen LogP) is 6.25. The molecule has 200 valence electrons. The molecule has 0 aliphatic heterocycles. The Hall–Kier alpha value is -3.63. The largest absolute Gasteiger partial charge is 0.497 e. The molecule has 0 saturated heterocycles. The molecule has 1 aliphatic carbocycles. The maximum atomic E-state index is 14.0. The van der Waals surface area contributed by atoms with Gasteiger partial charge >= 0.3 is 0 Å². The first-order valence-corrected chi connectivity index (χ1v) is 14.7. The summed E-state index contributed by atoms with van der Waals surface area (Å²) in [5.41, 5.74) is 3.90. The minimum absolute atomic E-state index is 0.0136. The SMILES string of the molecule is CCc1ccc(-n2c(SCc3nc(-c4ccc(OC)cc4OC)no3)nc3sc4c(c3c2=O)CCCC4)cc1. The number of methoxy groups -OCH3 is 2. The molecule has 0 N–H and O–H groups in total. The zero-order chi connectivity index (χ0) is 26.9. The summed E-state index contributed by atoms with van der Waals surface area (Å²) in [4.78, 5) is 25.7. The van der Waals surface area contributed by atoms with Crippen molar-refractivity contribution >= 4 is 33.3 Å². The summed E-state index contributed by atoms with van der Waals surface area (Å²) in [6, 6.07) is 13.6. The summed E-state index contributed by atoms with van der Waals surface area (Å²) in [5.74, 6) is 2.48. The van der Waals surface area contributed by atoms with Gasteiger partial charge in [0.2, 0.25) is 11.7 Å². The predicted molar refractivity (Wildman–Crippen MR) is 154 cm³/mol. The van der Waals surface area contributed by atoms with Crippen molar-refractivity contribution in [2.75, 3.05) is 14.2 Å². The summed E-state index contributed by atoms with van der Waals surface area (Å²) in [5, 5.41) is 5.54. The third-order valence-corrected chi connectivity index (χ3v) is 9.11. The third-order valence-electron chi connectivity index (χ3n) is 7.00. The first kappa shape index (κ1) is 25.6. The first-order chi connectivity index (χ1) is 19.1. The van der Waals surface area contributed by atoms with E-state index >= 15 is 0 Å². The minimum Gasteiger partial charge on any atom is -0.497 e. The number of nitrogens with zero attached hydrogens (tertiary/aromatic N) is 4. The highest BCUT2D eigenvalue weighted by molar-refractivity contribution is 7.98. The van der Waals surface area contributed by atoms with E-state index in [1.54, 1.807) is 36.2 Å². The fourth-order valence-corrected chi connectivity index (χ4v) is 7.08. The van der Waals surface area contributed by atoms with Gasteiger partial charge in [-0.2, -0.15) is 4.98 Å². The number of aryl methyl sites for hydroxylation is 3.